The van der Waals surface area contributed by atoms with Crippen molar-refractivity contribution < 1.29 is 9.59 Å². The maximum atomic E-state index is 12.7. The number of nitrogens with zero attached hydrogens (tertiary/aromatic N) is 4. The SMILES string of the molecule is Cc1nn(CCC(=O)N[C@H]2CCCCN(C(=O)N3CCCC3)C2)c(C)c1C. The van der Waals surface area contributed by atoms with Gasteiger partial charge in [0.05, 0.1) is 5.69 Å². The van der Waals surface area contributed by atoms with Gasteiger partial charge in [0.25, 0.3) is 0 Å². The van der Waals surface area contributed by atoms with E-state index in [1.54, 1.807) is 0 Å². The molecule has 3 heterocycles. The van der Waals surface area contributed by atoms with Crippen LogP contribution in [0.3, 0.4) is 0 Å². The highest BCUT2D eigenvalue weighted by atomic mass is 16.2. The fourth-order valence-corrected chi connectivity index (χ4v) is 4.05. The van der Waals surface area contributed by atoms with Crippen LogP contribution in [0, 0.1) is 20.8 Å². The Balaban J connectivity index is 1.51. The Morgan fingerprint density at radius 2 is 1.70 bits per heavy atom. The van der Waals surface area contributed by atoms with Crippen LogP contribution in [0.15, 0.2) is 0 Å². The van der Waals surface area contributed by atoms with Gasteiger partial charge in [0.2, 0.25) is 5.91 Å². The van der Waals surface area contributed by atoms with Crippen LogP contribution < -0.4 is 5.32 Å². The van der Waals surface area contributed by atoms with Gasteiger partial charge in [0.15, 0.2) is 0 Å². The van der Waals surface area contributed by atoms with E-state index in [4.69, 9.17) is 0 Å². The van der Waals surface area contributed by atoms with Crippen molar-refractivity contribution in [2.24, 2.45) is 0 Å². The molecule has 1 aromatic heterocycles. The summed E-state index contributed by atoms with van der Waals surface area (Å²) in [4.78, 5) is 29.1. The lowest BCUT2D eigenvalue weighted by molar-refractivity contribution is -0.122. The van der Waals surface area contributed by atoms with Gasteiger partial charge in [0, 0.05) is 50.9 Å². The fourth-order valence-electron chi connectivity index (χ4n) is 4.05. The topological polar surface area (TPSA) is 70.5 Å². The van der Waals surface area contributed by atoms with E-state index in [1.165, 1.54) is 5.56 Å². The van der Waals surface area contributed by atoms with Crippen LogP contribution in [0.1, 0.15) is 55.5 Å². The molecule has 1 atom stereocenters. The van der Waals surface area contributed by atoms with E-state index in [2.05, 4.69) is 17.3 Å². The molecule has 0 spiro atoms. The van der Waals surface area contributed by atoms with Crippen LogP contribution in [0.25, 0.3) is 0 Å². The molecule has 2 aliphatic heterocycles. The van der Waals surface area contributed by atoms with Gasteiger partial charge in [-0.3, -0.25) is 9.48 Å². The summed E-state index contributed by atoms with van der Waals surface area (Å²) in [5.74, 6) is 0.0423. The lowest BCUT2D eigenvalue weighted by Crippen LogP contribution is -2.48. The minimum Gasteiger partial charge on any atom is -0.352 e. The van der Waals surface area contributed by atoms with Crippen LogP contribution >= 0.6 is 0 Å². The summed E-state index contributed by atoms with van der Waals surface area (Å²) in [6.45, 7) is 9.85. The van der Waals surface area contributed by atoms with Crippen molar-refractivity contribution in [2.75, 3.05) is 26.2 Å². The molecule has 7 nitrogen and oxygen atoms in total. The second kappa shape index (κ2) is 8.76. The van der Waals surface area contributed by atoms with Crippen LogP contribution in [0.2, 0.25) is 0 Å². The summed E-state index contributed by atoms with van der Waals surface area (Å²) in [6.07, 6.45) is 5.62. The van der Waals surface area contributed by atoms with E-state index in [1.807, 2.05) is 28.3 Å². The second-order valence-electron chi connectivity index (χ2n) is 7.95. The van der Waals surface area contributed by atoms with Gasteiger partial charge in [-0.15, -0.1) is 0 Å². The van der Waals surface area contributed by atoms with Gasteiger partial charge in [0.1, 0.15) is 0 Å². The zero-order chi connectivity index (χ0) is 19.4. The number of aromatic nitrogens is 2. The van der Waals surface area contributed by atoms with E-state index in [9.17, 15) is 9.59 Å². The first-order chi connectivity index (χ1) is 13.0. The summed E-state index contributed by atoms with van der Waals surface area (Å²) >= 11 is 0. The standard InChI is InChI=1S/C20H33N5O2/c1-15-16(2)22-25(17(15)3)13-9-19(26)21-18-8-4-5-12-24(14-18)20(27)23-10-6-7-11-23/h18H,4-14H2,1-3H3,(H,21,26)/t18-/m0/s1. The number of hydrogen-bond donors (Lipinski definition) is 1. The summed E-state index contributed by atoms with van der Waals surface area (Å²) in [7, 11) is 0. The smallest absolute Gasteiger partial charge is 0.320 e. The van der Waals surface area contributed by atoms with Crippen LogP contribution in [0.5, 0.6) is 0 Å². The second-order valence-corrected chi connectivity index (χ2v) is 7.95. The van der Waals surface area contributed by atoms with Gasteiger partial charge < -0.3 is 15.1 Å². The molecule has 3 amide bonds. The summed E-state index contributed by atoms with van der Waals surface area (Å²) in [5, 5.41) is 7.65. The lowest BCUT2D eigenvalue weighted by atomic mass is 10.1. The third kappa shape index (κ3) is 4.82. The Hall–Kier alpha value is -2.05. The van der Waals surface area contributed by atoms with Gasteiger partial charge in [-0.2, -0.15) is 5.10 Å². The molecule has 2 fully saturated rings. The van der Waals surface area contributed by atoms with Gasteiger partial charge >= 0.3 is 6.03 Å². The van der Waals surface area contributed by atoms with E-state index < -0.39 is 0 Å². The third-order valence-corrected chi connectivity index (χ3v) is 5.98. The normalized spacial score (nSPS) is 20.6. The third-order valence-electron chi connectivity index (χ3n) is 5.98. The molecule has 0 bridgehead atoms. The van der Waals surface area contributed by atoms with Crippen molar-refractivity contribution in [3.05, 3.63) is 17.0 Å². The Morgan fingerprint density at radius 3 is 2.37 bits per heavy atom. The molecule has 1 N–H and O–H groups in total. The number of hydrogen-bond acceptors (Lipinski definition) is 3. The molecule has 0 aromatic carbocycles. The number of amides is 3. The van der Waals surface area contributed by atoms with Crippen molar-refractivity contribution >= 4 is 11.9 Å². The largest absolute Gasteiger partial charge is 0.352 e. The molecular weight excluding hydrogens is 342 g/mol. The van der Waals surface area contributed by atoms with Gasteiger partial charge in [-0.1, -0.05) is 0 Å². The van der Waals surface area contributed by atoms with E-state index >= 15 is 0 Å². The van der Waals surface area contributed by atoms with Crippen LogP contribution in [-0.4, -0.2) is 63.7 Å². The first-order valence-corrected chi connectivity index (χ1v) is 10.3. The highest BCUT2D eigenvalue weighted by Crippen LogP contribution is 2.16. The molecular formula is C20H33N5O2. The predicted molar refractivity (Wildman–Crippen MR) is 105 cm³/mol. The molecule has 3 rings (SSSR count). The van der Waals surface area contributed by atoms with Gasteiger partial charge in [-0.05, 0) is 58.4 Å². The average Bonchev–Trinajstić information content (AvgIpc) is 3.19. The molecule has 7 heteroatoms. The monoisotopic (exact) mass is 375 g/mol. The summed E-state index contributed by atoms with van der Waals surface area (Å²) in [6, 6.07) is 0.195. The number of carbonyl (C=O) groups excluding carboxylic acids is 2. The zero-order valence-electron chi connectivity index (χ0n) is 17.0. The lowest BCUT2D eigenvalue weighted by Gasteiger charge is -2.29. The fraction of sp³-hybridized carbons (Fsp3) is 0.750. The first-order valence-electron chi connectivity index (χ1n) is 10.3. The highest BCUT2D eigenvalue weighted by Gasteiger charge is 2.27. The molecule has 0 saturated carbocycles. The zero-order valence-corrected chi connectivity index (χ0v) is 17.0. The number of likely N-dealkylation sites (tertiary alicyclic amines) is 2. The Kier molecular flexibility index (Phi) is 6.39. The minimum absolute atomic E-state index is 0.0423. The van der Waals surface area contributed by atoms with Gasteiger partial charge in [-0.25, -0.2) is 4.79 Å². The summed E-state index contributed by atoms with van der Waals surface area (Å²) in [5.41, 5.74) is 3.33. The minimum atomic E-state index is 0.0423. The first kappa shape index (κ1) is 19.7. The molecule has 0 unspecified atom stereocenters. The highest BCUT2D eigenvalue weighted by molar-refractivity contribution is 5.77. The number of nitrogens with one attached hydrogen (secondary N) is 1. The molecule has 2 aliphatic rings. The van der Waals surface area contributed by atoms with Crippen molar-refractivity contribution in [1.29, 1.82) is 0 Å². The molecule has 2 saturated heterocycles. The molecule has 0 aliphatic carbocycles. The predicted octanol–water partition coefficient (Wildman–Crippen LogP) is 2.38. The maximum absolute atomic E-state index is 12.7. The Labute approximate surface area is 162 Å². The average molecular weight is 376 g/mol. The Morgan fingerprint density at radius 1 is 1.04 bits per heavy atom. The molecule has 1 aromatic rings. The number of urea groups is 1. The van der Waals surface area contributed by atoms with Crippen LogP contribution in [-0.2, 0) is 11.3 Å². The summed E-state index contributed by atoms with van der Waals surface area (Å²) < 4.78 is 1.92. The maximum Gasteiger partial charge on any atom is 0.320 e. The van der Waals surface area contributed by atoms with Crippen molar-refractivity contribution in [2.45, 2.75) is 71.9 Å². The Bertz CT molecular complexity index is 678. The van der Waals surface area contributed by atoms with E-state index in [0.717, 1.165) is 63.1 Å². The van der Waals surface area contributed by atoms with E-state index in [-0.39, 0.29) is 18.0 Å². The molecule has 27 heavy (non-hydrogen) atoms. The number of carbonyl (C=O) groups is 2. The van der Waals surface area contributed by atoms with Crippen molar-refractivity contribution in [3.8, 4) is 0 Å². The number of aryl methyl sites for hydroxylation is 2. The number of rotatable bonds is 4. The van der Waals surface area contributed by atoms with Crippen molar-refractivity contribution in [3.63, 3.8) is 0 Å². The molecule has 0 radical (unpaired) electrons. The molecule has 150 valence electrons. The van der Waals surface area contributed by atoms with Crippen molar-refractivity contribution in [1.82, 2.24) is 24.9 Å². The quantitative estimate of drug-likeness (QED) is 0.878. The van der Waals surface area contributed by atoms with Crippen LogP contribution in [0.4, 0.5) is 4.79 Å². The van der Waals surface area contributed by atoms with E-state index in [0.29, 0.717) is 19.5 Å².